The summed E-state index contributed by atoms with van der Waals surface area (Å²) >= 11 is 0. The first-order valence-electron chi connectivity index (χ1n) is 3.74. The standard InChI is InChI=1S/C6H11N3O5/c7-9-8-1-3(11)5(13)6(14)4(12)2-10/h3-4,6,10-12,14H,1-2H2/t3-,4?,6-/m1/s1. The maximum absolute atomic E-state index is 11.0. The van der Waals surface area contributed by atoms with E-state index >= 15 is 0 Å². The van der Waals surface area contributed by atoms with Crippen molar-refractivity contribution in [3.8, 4) is 0 Å². The number of nitrogens with zero attached hydrogens (tertiary/aromatic N) is 3. The van der Waals surface area contributed by atoms with Crippen LogP contribution < -0.4 is 0 Å². The molecule has 0 aromatic heterocycles. The second kappa shape index (κ2) is 6.30. The molecule has 1 unspecified atom stereocenters. The molecule has 3 atom stereocenters. The summed E-state index contributed by atoms with van der Waals surface area (Å²) in [6.07, 6.45) is -5.21. The lowest BCUT2D eigenvalue weighted by molar-refractivity contribution is -0.142. The van der Waals surface area contributed by atoms with Gasteiger partial charge >= 0.3 is 0 Å². The van der Waals surface area contributed by atoms with Crippen molar-refractivity contribution in [3.05, 3.63) is 10.4 Å². The Morgan fingerprint density at radius 3 is 2.43 bits per heavy atom. The predicted molar refractivity (Wildman–Crippen MR) is 44.1 cm³/mol. The van der Waals surface area contributed by atoms with E-state index < -0.39 is 37.2 Å². The van der Waals surface area contributed by atoms with Gasteiger partial charge in [-0.25, -0.2) is 0 Å². The highest BCUT2D eigenvalue weighted by Gasteiger charge is 2.28. The third-order valence-corrected chi connectivity index (χ3v) is 1.49. The van der Waals surface area contributed by atoms with E-state index in [4.69, 9.17) is 26.0 Å². The molecular weight excluding hydrogens is 194 g/mol. The lowest BCUT2D eigenvalue weighted by Gasteiger charge is -2.16. The largest absolute Gasteiger partial charge is 0.394 e. The minimum atomic E-state index is -1.89. The number of hydrogen-bond donors (Lipinski definition) is 4. The van der Waals surface area contributed by atoms with E-state index in [0.717, 1.165) is 0 Å². The van der Waals surface area contributed by atoms with Crippen LogP contribution in [0.15, 0.2) is 5.11 Å². The Balaban J connectivity index is 4.23. The van der Waals surface area contributed by atoms with Crippen LogP contribution in [0.5, 0.6) is 0 Å². The van der Waals surface area contributed by atoms with Crippen molar-refractivity contribution < 1.29 is 25.2 Å². The number of rotatable bonds is 6. The fraction of sp³-hybridized carbons (Fsp3) is 0.833. The van der Waals surface area contributed by atoms with Crippen LogP contribution in [-0.2, 0) is 4.79 Å². The first kappa shape index (κ1) is 12.8. The summed E-state index contributed by atoms with van der Waals surface area (Å²) < 4.78 is 0. The second-order valence-electron chi connectivity index (χ2n) is 2.53. The van der Waals surface area contributed by atoms with Crippen molar-refractivity contribution in [2.24, 2.45) is 5.11 Å². The lowest BCUT2D eigenvalue weighted by Crippen LogP contribution is -2.43. The molecule has 0 spiro atoms. The minimum absolute atomic E-state index is 0.523. The SMILES string of the molecule is [N-]=[N+]=NC[C@@H](O)C(=O)[C@H](O)C(O)CO. The molecule has 0 heterocycles. The number of hydrogen-bond acceptors (Lipinski definition) is 6. The molecule has 80 valence electrons. The fourth-order valence-electron chi connectivity index (χ4n) is 0.690. The third-order valence-electron chi connectivity index (χ3n) is 1.49. The van der Waals surface area contributed by atoms with Crippen LogP contribution in [0.2, 0.25) is 0 Å². The van der Waals surface area contributed by atoms with Gasteiger partial charge in [-0.2, -0.15) is 0 Å². The first-order chi connectivity index (χ1) is 6.54. The van der Waals surface area contributed by atoms with Crippen LogP contribution >= 0.6 is 0 Å². The quantitative estimate of drug-likeness (QED) is 0.223. The van der Waals surface area contributed by atoms with Crippen LogP contribution in [0.4, 0.5) is 0 Å². The molecule has 0 rings (SSSR count). The van der Waals surface area contributed by atoms with E-state index in [-0.39, 0.29) is 0 Å². The molecule has 0 aromatic rings. The summed E-state index contributed by atoms with van der Waals surface area (Å²) in [5.74, 6) is -1.10. The fourth-order valence-corrected chi connectivity index (χ4v) is 0.690. The normalized spacial score (nSPS) is 16.6. The van der Waals surface area contributed by atoms with E-state index in [1.165, 1.54) is 0 Å². The Kier molecular flexibility index (Phi) is 5.77. The van der Waals surface area contributed by atoms with Crippen LogP contribution in [0.25, 0.3) is 10.4 Å². The topological polar surface area (TPSA) is 147 Å². The van der Waals surface area contributed by atoms with Gasteiger partial charge in [0.15, 0.2) is 5.78 Å². The molecule has 0 saturated carbocycles. The summed E-state index contributed by atoms with van der Waals surface area (Å²) in [4.78, 5) is 13.3. The Morgan fingerprint density at radius 2 is 2.00 bits per heavy atom. The van der Waals surface area contributed by atoms with Crippen LogP contribution in [-0.4, -0.2) is 57.7 Å². The highest BCUT2D eigenvalue weighted by Crippen LogP contribution is 1.99. The zero-order chi connectivity index (χ0) is 11.1. The van der Waals surface area contributed by atoms with E-state index in [0.29, 0.717) is 0 Å². The number of aliphatic hydroxyl groups is 4. The van der Waals surface area contributed by atoms with Crippen molar-refractivity contribution >= 4 is 5.78 Å². The summed E-state index contributed by atoms with van der Waals surface area (Å²) in [6.45, 7) is -1.33. The van der Waals surface area contributed by atoms with Gasteiger partial charge in [0.25, 0.3) is 0 Å². The molecule has 0 aliphatic rings. The van der Waals surface area contributed by atoms with E-state index in [9.17, 15) is 4.79 Å². The van der Waals surface area contributed by atoms with Gasteiger partial charge in [0.05, 0.1) is 13.2 Å². The van der Waals surface area contributed by atoms with Gasteiger partial charge in [-0.05, 0) is 5.53 Å². The van der Waals surface area contributed by atoms with Crippen molar-refractivity contribution in [3.63, 3.8) is 0 Å². The van der Waals surface area contributed by atoms with Gasteiger partial charge in [-0.3, -0.25) is 4.79 Å². The number of Topliss-reactive ketones (excluding diaryl/α,β-unsaturated/α-hetero) is 1. The zero-order valence-electron chi connectivity index (χ0n) is 7.19. The average Bonchev–Trinajstić information content (AvgIpc) is 2.22. The van der Waals surface area contributed by atoms with E-state index in [1.807, 2.05) is 0 Å². The summed E-state index contributed by atoms with van der Waals surface area (Å²) in [5.41, 5.74) is 7.87. The summed E-state index contributed by atoms with van der Waals surface area (Å²) in [7, 11) is 0. The van der Waals surface area contributed by atoms with E-state index in [1.54, 1.807) is 0 Å². The summed E-state index contributed by atoms with van der Waals surface area (Å²) in [5, 5.41) is 38.1. The Labute approximate surface area is 79.0 Å². The number of carbonyl (C=O) groups excluding carboxylic acids is 1. The maximum Gasteiger partial charge on any atom is 0.192 e. The number of azide groups is 1. The average molecular weight is 205 g/mol. The van der Waals surface area contributed by atoms with Crippen molar-refractivity contribution in [2.75, 3.05) is 13.2 Å². The van der Waals surface area contributed by atoms with Gasteiger partial charge in [-0.1, -0.05) is 5.11 Å². The van der Waals surface area contributed by atoms with Crippen molar-refractivity contribution in [1.29, 1.82) is 0 Å². The molecule has 0 amide bonds. The monoisotopic (exact) mass is 205 g/mol. The molecule has 0 bridgehead atoms. The molecule has 8 nitrogen and oxygen atoms in total. The highest BCUT2D eigenvalue weighted by atomic mass is 16.4. The van der Waals surface area contributed by atoms with Crippen LogP contribution in [0.3, 0.4) is 0 Å². The number of aliphatic hydroxyl groups excluding tert-OH is 4. The summed E-state index contributed by atoms with van der Waals surface area (Å²) in [6, 6.07) is 0. The lowest BCUT2D eigenvalue weighted by atomic mass is 10.1. The first-order valence-corrected chi connectivity index (χ1v) is 3.74. The number of ketones is 1. The van der Waals surface area contributed by atoms with Gasteiger partial charge in [-0.15, -0.1) is 0 Å². The van der Waals surface area contributed by atoms with Crippen LogP contribution in [0.1, 0.15) is 0 Å². The minimum Gasteiger partial charge on any atom is -0.394 e. The molecule has 14 heavy (non-hydrogen) atoms. The number of carbonyl (C=O) groups is 1. The van der Waals surface area contributed by atoms with Crippen molar-refractivity contribution in [1.82, 2.24) is 0 Å². The molecule has 0 aromatic carbocycles. The van der Waals surface area contributed by atoms with Gasteiger partial charge in [0, 0.05) is 4.91 Å². The Bertz CT molecular complexity index is 240. The van der Waals surface area contributed by atoms with Crippen molar-refractivity contribution in [2.45, 2.75) is 18.3 Å². The smallest absolute Gasteiger partial charge is 0.192 e. The molecule has 0 fully saturated rings. The molecule has 4 N–H and O–H groups in total. The predicted octanol–water partition coefficient (Wildman–Crippen LogP) is -2.06. The molecular formula is C6H11N3O5. The van der Waals surface area contributed by atoms with Gasteiger partial charge in [0.2, 0.25) is 0 Å². The Morgan fingerprint density at radius 1 is 1.43 bits per heavy atom. The zero-order valence-corrected chi connectivity index (χ0v) is 7.19. The molecule has 0 saturated heterocycles. The van der Waals surface area contributed by atoms with Crippen LogP contribution in [0, 0.1) is 0 Å². The third kappa shape index (κ3) is 3.69. The molecule has 8 heteroatoms. The molecule has 0 aliphatic carbocycles. The molecule has 0 aliphatic heterocycles. The Hall–Kier alpha value is -1.18. The second-order valence-corrected chi connectivity index (χ2v) is 2.53. The highest BCUT2D eigenvalue weighted by molar-refractivity contribution is 5.87. The maximum atomic E-state index is 11.0. The van der Waals surface area contributed by atoms with E-state index in [2.05, 4.69) is 10.0 Å². The van der Waals surface area contributed by atoms with Gasteiger partial charge in [0.1, 0.15) is 18.3 Å². The molecule has 0 radical (unpaired) electrons. The van der Waals surface area contributed by atoms with Gasteiger partial charge < -0.3 is 20.4 Å².